The summed E-state index contributed by atoms with van der Waals surface area (Å²) >= 11 is 1.36. The number of esters is 1. The normalized spacial score (nSPS) is 46.0. The van der Waals surface area contributed by atoms with Gasteiger partial charge in [0.1, 0.15) is 97.7 Å². The molecule has 20 atom stereocenters. The highest BCUT2D eigenvalue weighted by Crippen LogP contribution is 2.33. The van der Waals surface area contributed by atoms with Gasteiger partial charge in [0.05, 0.1) is 46.6 Å². The fourth-order valence-electron chi connectivity index (χ4n) is 6.15. The van der Waals surface area contributed by atoms with Crippen LogP contribution in [0.1, 0.15) is 6.42 Å². The number of aliphatic hydroxyl groups is 13. The molecule has 24 heteroatoms. The van der Waals surface area contributed by atoms with E-state index in [4.69, 9.17) is 37.9 Å². The molecule has 0 amide bonds. The summed E-state index contributed by atoms with van der Waals surface area (Å²) in [5, 5.41) is 135. The van der Waals surface area contributed by atoms with E-state index in [1.165, 1.54) is 18.9 Å². The van der Waals surface area contributed by atoms with Gasteiger partial charge in [0.2, 0.25) is 0 Å². The van der Waals surface area contributed by atoms with Gasteiger partial charge in [-0.05, 0) is 0 Å². The van der Waals surface area contributed by atoms with Crippen molar-refractivity contribution < 1.29 is 114 Å². The van der Waals surface area contributed by atoms with Crippen LogP contribution in [0.5, 0.6) is 0 Å². The second kappa shape index (κ2) is 21.1. The lowest BCUT2D eigenvalue weighted by atomic mass is 9.96. The Hall–Kier alpha value is -1.02. The molecule has 0 bridgehead atoms. The number of aliphatic hydroxyl groups excluding tert-OH is 13. The minimum absolute atomic E-state index is 0.0294. The van der Waals surface area contributed by atoms with Gasteiger partial charge in [-0.3, -0.25) is 4.79 Å². The van der Waals surface area contributed by atoms with Crippen LogP contribution in [0.3, 0.4) is 0 Å². The highest BCUT2D eigenvalue weighted by molar-refractivity contribution is 7.99. The summed E-state index contributed by atoms with van der Waals surface area (Å²) in [6.07, 6.45) is -34.2. The lowest BCUT2D eigenvalue weighted by molar-refractivity contribution is -0.381. The summed E-state index contributed by atoms with van der Waals surface area (Å²) < 4.78 is 48.7. The minimum atomic E-state index is -2.01. The molecule has 0 aliphatic carbocycles. The van der Waals surface area contributed by atoms with Crippen molar-refractivity contribution in [1.82, 2.24) is 0 Å². The molecule has 4 fully saturated rings. The molecule has 0 radical (unpaired) electrons. The minimum Gasteiger partial charge on any atom is -0.469 e. The first-order chi connectivity index (χ1) is 25.7. The van der Waals surface area contributed by atoms with Crippen molar-refractivity contribution in [1.29, 1.82) is 0 Å². The molecule has 0 spiro atoms. The molecule has 0 aromatic carbocycles. The SMILES string of the molecule is COC(=O)CCSCCO[C@H]1O[C@H](CO)[C@@H](O[C@@H]2O[C@H](CO)[C@@H](O[C@@H]3O[C@H](CO[C@@H]4O[C@H](CO)[C@@H](O)[C@H](O)[C@H]4O)[C@@H](O)[C@H](O)[C@H]3O)[C@H](O)[C@H]2O)[C@H](O)[C@H]1O. The van der Waals surface area contributed by atoms with Gasteiger partial charge in [-0.15, -0.1) is 0 Å². The Morgan fingerprint density at radius 2 is 0.944 bits per heavy atom. The smallest absolute Gasteiger partial charge is 0.306 e. The number of rotatable bonds is 17. The molecule has 0 aromatic rings. The average molecular weight is 813 g/mol. The fourth-order valence-corrected chi connectivity index (χ4v) is 6.87. The van der Waals surface area contributed by atoms with Crippen LogP contribution in [0.25, 0.3) is 0 Å². The molecule has 4 aliphatic heterocycles. The summed E-state index contributed by atoms with van der Waals surface area (Å²) in [5.41, 5.74) is 0. The second-order valence-corrected chi connectivity index (χ2v) is 14.2. The first kappa shape index (κ1) is 45.7. The van der Waals surface area contributed by atoms with Gasteiger partial charge in [-0.1, -0.05) is 0 Å². The maximum atomic E-state index is 11.2. The Labute approximate surface area is 312 Å². The van der Waals surface area contributed by atoms with Crippen molar-refractivity contribution in [2.24, 2.45) is 0 Å². The molecule has 0 aromatic heterocycles. The van der Waals surface area contributed by atoms with E-state index in [9.17, 15) is 71.2 Å². The Balaban J connectivity index is 1.34. The Kier molecular flexibility index (Phi) is 17.9. The van der Waals surface area contributed by atoms with Crippen LogP contribution in [0.2, 0.25) is 0 Å². The number of hydrogen-bond acceptors (Lipinski definition) is 24. The molecule has 0 unspecified atom stereocenters. The number of ether oxygens (including phenoxy) is 9. The van der Waals surface area contributed by atoms with Crippen LogP contribution in [0.4, 0.5) is 0 Å². The summed E-state index contributed by atoms with van der Waals surface area (Å²) in [7, 11) is 1.27. The van der Waals surface area contributed by atoms with Crippen molar-refractivity contribution in [3.05, 3.63) is 0 Å². The zero-order chi connectivity index (χ0) is 39.9. The summed E-state index contributed by atoms with van der Waals surface area (Å²) in [4.78, 5) is 11.2. The molecule has 23 nitrogen and oxygen atoms in total. The lowest BCUT2D eigenvalue weighted by Crippen LogP contribution is -2.66. The summed E-state index contributed by atoms with van der Waals surface area (Å²) in [5.74, 6) is 0.449. The Morgan fingerprint density at radius 1 is 0.519 bits per heavy atom. The first-order valence-corrected chi connectivity index (χ1v) is 18.3. The first-order valence-electron chi connectivity index (χ1n) is 17.1. The van der Waals surface area contributed by atoms with Crippen molar-refractivity contribution in [2.75, 3.05) is 51.6 Å². The van der Waals surface area contributed by atoms with Crippen molar-refractivity contribution >= 4 is 17.7 Å². The lowest BCUT2D eigenvalue weighted by Gasteiger charge is -2.48. The van der Waals surface area contributed by atoms with Crippen LogP contribution in [-0.4, -0.2) is 247 Å². The molecule has 0 saturated carbocycles. The van der Waals surface area contributed by atoms with Crippen LogP contribution >= 0.6 is 11.8 Å². The molecular formula is C30H52O23S. The average Bonchev–Trinajstić information content (AvgIpc) is 3.17. The maximum Gasteiger partial charge on any atom is 0.306 e. The molecule has 54 heavy (non-hydrogen) atoms. The zero-order valence-electron chi connectivity index (χ0n) is 29.0. The van der Waals surface area contributed by atoms with E-state index in [2.05, 4.69) is 4.74 Å². The van der Waals surface area contributed by atoms with Gasteiger partial charge in [0.15, 0.2) is 25.2 Å². The van der Waals surface area contributed by atoms with E-state index in [0.717, 1.165) is 0 Å². The standard InChI is InChI=1S/C30H52O23S/c1-45-14(34)2-4-54-5-3-46-27-23(43)19(39)25(11(7-32)49-27)53-30-24(44)20(40)26(12(8-33)50-30)52-29-22(42)18(38)16(36)13(51-29)9-47-28-21(41)17(37)15(35)10(6-31)48-28/h10-13,15-33,35-44H,2-9H2,1H3/t10-,11-,12-,13-,15-,16-,17+,18+,19-,20-,21-,22-,23-,24-,25-,26-,27+,28-,29+,30+/m1/s1. The highest BCUT2D eigenvalue weighted by Gasteiger charge is 2.54. The van der Waals surface area contributed by atoms with Crippen molar-refractivity contribution in [3.63, 3.8) is 0 Å². The van der Waals surface area contributed by atoms with E-state index in [0.29, 0.717) is 11.5 Å². The monoisotopic (exact) mass is 812 g/mol. The van der Waals surface area contributed by atoms with Crippen molar-refractivity contribution in [2.45, 2.75) is 129 Å². The molecule has 4 aliphatic rings. The van der Waals surface area contributed by atoms with Crippen LogP contribution in [0.15, 0.2) is 0 Å². The summed E-state index contributed by atoms with van der Waals surface area (Å²) in [6, 6.07) is 0. The van der Waals surface area contributed by atoms with E-state index >= 15 is 0 Å². The molecule has 4 heterocycles. The van der Waals surface area contributed by atoms with E-state index < -0.39 is 149 Å². The van der Waals surface area contributed by atoms with E-state index in [1.807, 2.05) is 0 Å². The molecule has 316 valence electrons. The number of carbonyl (C=O) groups is 1. The molecule has 4 rings (SSSR count). The highest BCUT2D eigenvalue weighted by atomic mass is 32.2. The maximum absolute atomic E-state index is 11.2. The predicted molar refractivity (Wildman–Crippen MR) is 172 cm³/mol. The number of carbonyl (C=O) groups excluding carboxylic acids is 1. The fraction of sp³-hybridized carbons (Fsp3) is 0.967. The molecule has 4 saturated heterocycles. The Morgan fingerprint density at radius 3 is 1.48 bits per heavy atom. The third kappa shape index (κ3) is 10.7. The van der Waals surface area contributed by atoms with Crippen molar-refractivity contribution in [3.8, 4) is 0 Å². The number of methoxy groups -OCH3 is 1. The van der Waals surface area contributed by atoms with Gasteiger partial charge in [0, 0.05) is 11.5 Å². The van der Waals surface area contributed by atoms with Gasteiger partial charge in [-0.2, -0.15) is 11.8 Å². The zero-order valence-corrected chi connectivity index (χ0v) is 29.8. The van der Waals surface area contributed by atoms with Crippen LogP contribution < -0.4 is 0 Å². The van der Waals surface area contributed by atoms with Gasteiger partial charge in [-0.25, -0.2) is 0 Å². The van der Waals surface area contributed by atoms with Gasteiger partial charge in [0.25, 0.3) is 0 Å². The predicted octanol–water partition coefficient (Wildman–Crippen LogP) is -8.43. The third-order valence-corrected chi connectivity index (χ3v) is 10.3. The second-order valence-electron chi connectivity index (χ2n) is 13.0. The molecular weight excluding hydrogens is 760 g/mol. The van der Waals surface area contributed by atoms with Gasteiger partial charge < -0.3 is 109 Å². The van der Waals surface area contributed by atoms with Crippen LogP contribution in [0, 0.1) is 0 Å². The third-order valence-electron chi connectivity index (χ3n) is 9.35. The van der Waals surface area contributed by atoms with Gasteiger partial charge >= 0.3 is 5.97 Å². The van der Waals surface area contributed by atoms with Crippen LogP contribution in [-0.2, 0) is 47.4 Å². The largest absolute Gasteiger partial charge is 0.469 e. The van der Waals surface area contributed by atoms with E-state index in [1.54, 1.807) is 0 Å². The van der Waals surface area contributed by atoms with E-state index in [-0.39, 0.29) is 19.0 Å². The number of hydrogen-bond donors (Lipinski definition) is 13. The number of thioether (sulfide) groups is 1. The topological polar surface area (TPSA) is 363 Å². The molecule has 13 N–H and O–H groups in total. The Bertz CT molecular complexity index is 1120. The quantitative estimate of drug-likeness (QED) is 0.0479. The summed E-state index contributed by atoms with van der Waals surface area (Å²) in [6.45, 7) is -3.09.